The van der Waals surface area contributed by atoms with Gasteiger partial charge in [0.05, 0.1) is 32.1 Å². The molecule has 1 aromatic heterocycles. The van der Waals surface area contributed by atoms with Crippen molar-refractivity contribution in [2.45, 2.75) is 20.0 Å². The number of aliphatic hydroxyl groups is 1. The van der Waals surface area contributed by atoms with Crippen LogP contribution < -0.4 is 0 Å². The van der Waals surface area contributed by atoms with Gasteiger partial charge in [0.1, 0.15) is 5.82 Å². The summed E-state index contributed by atoms with van der Waals surface area (Å²) in [5.41, 5.74) is 1.52. The average molecular weight is 226 g/mol. The Labute approximate surface area is 95.4 Å². The molecule has 1 heterocycles. The van der Waals surface area contributed by atoms with Crippen molar-refractivity contribution in [1.82, 2.24) is 9.97 Å². The minimum absolute atomic E-state index is 0.0547. The monoisotopic (exact) mass is 226 g/mol. The highest BCUT2D eigenvalue weighted by Crippen LogP contribution is 2.01. The molecule has 1 N–H and O–H groups in total. The first kappa shape index (κ1) is 13.0. The Kier molecular flexibility index (Phi) is 5.92. The molecule has 0 atom stereocenters. The fraction of sp³-hybridized carbons (Fsp3) is 0.636. The Balaban J connectivity index is 2.38. The van der Waals surface area contributed by atoms with Crippen molar-refractivity contribution in [2.24, 2.45) is 0 Å². The third-order valence-electron chi connectivity index (χ3n) is 2.02. The van der Waals surface area contributed by atoms with E-state index in [2.05, 4.69) is 9.97 Å². The molecule has 0 unspecified atom stereocenters. The lowest BCUT2D eigenvalue weighted by atomic mass is 10.3. The molecule has 90 valence electrons. The topological polar surface area (TPSA) is 64.5 Å². The maximum atomic E-state index is 8.99. The summed E-state index contributed by atoms with van der Waals surface area (Å²) in [6.07, 6.45) is 0.651. The van der Waals surface area contributed by atoms with Gasteiger partial charge in [-0.2, -0.15) is 0 Å². The minimum Gasteiger partial charge on any atom is -0.390 e. The third-order valence-corrected chi connectivity index (χ3v) is 2.02. The lowest BCUT2D eigenvalue weighted by Gasteiger charge is -2.05. The molecule has 0 spiro atoms. The summed E-state index contributed by atoms with van der Waals surface area (Å²) in [4.78, 5) is 8.46. The molecule has 0 aliphatic heterocycles. The van der Waals surface area contributed by atoms with Crippen LogP contribution in [-0.4, -0.2) is 42.0 Å². The molecule has 0 amide bonds. The van der Waals surface area contributed by atoms with Gasteiger partial charge in [-0.05, 0) is 13.0 Å². The molecule has 0 fully saturated rings. The average Bonchev–Trinajstić information content (AvgIpc) is 2.28. The quantitative estimate of drug-likeness (QED) is 0.685. The summed E-state index contributed by atoms with van der Waals surface area (Å²) < 4.78 is 10.2. The molecule has 0 radical (unpaired) electrons. The molecule has 0 aliphatic carbocycles. The van der Waals surface area contributed by atoms with Crippen LogP contribution in [0.15, 0.2) is 6.07 Å². The number of rotatable bonds is 7. The minimum atomic E-state index is -0.0547. The molecule has 0 saturated heterocycles. The smallest absolute Gasteiger partial charge is 0.131 e. The Hall–Kier alpha value is -1.04. The fourth-order valence-corrected chi connectivity index (χ4v) is 1.30. The normalized spacial score (nSPS) is 10.7. The van der Waals surface area contributed by atoms with E-state index in [4.69, 9.17) is 14.6 Å². The summed E-state index contributed by atoms with van der Waals surface area (Å²) in [6.45, 7) is 3.57. The lowest BCUT2D eigenvalue weighted by Crippen LogP contribution is -2.08. The zero-order chi connectivity index (χ0) is 11.8. The SMILES string of the molecule is COCCOCCc1nc(C)cc(CO)n1. The molecule has 1 rings (SSSR count). The van der Waals surface area contributed by atoms with Crippen molar-refractivity contribution < 1.29 is 14.6 Å². The van der Waals surface area contributed by atoms with Gasteiger partial charge in [-0.25, -0.2) is 9.97 Å². The van der Waals surface area contributed by atoms with Crippen molar-refractivity contribution in [3.05, 3.63) is 23.3 Å². The van der Waals surface area contributed by atoms with Crippen LogP contribution in [0.5, 0.6) is 0 Å². The van der Waals surface area contributed by atoms with Gasteiger partial charge in [-0.15, -0.1) is 0 Å². The second kappa shape index (κ2) is 7.27. The Morgan fingerprint density at radius 2 is 2.06 bits per heavy atom. The van der Waals surface area contributed by atoms with E-state index in [9.17, 15) is 0 Å². The molecule has 0 bridgehead atoms. The van der Waals surface area contributed by atoms with Gasteiger partial charge in [0, 0.05) is 19.2 Å². The zero-order valence-corrected chi connectivity index (χ0v) is 9.77. The first-order valence-corrected chi connectivity index (χ1v) is 5.27. The summed E-state index contributed by atoms with van der Waals surface area (Å²) in [5.74, 6) is 0.710. The number of hydrogen-bond acceptors (Lipinski definition) is 5. The molecule has 5 nitrogen and oxygen atoms in total. The molecular formula is C11H18N2O3. The molecule has 16 heavy (non-hydrogen) atoms. The van der Waals surface area contributed by atoms with E-state index in [1.165, 1.54) is 0 Å². The molecule has 0 aliphatic rings. The maximum absolute atomic E-state index is 8.99. The van der Waals surface area contributed by atoms with Crippen LogP contribution in [-0.2, 0) is 22.5 Å². The number of ether oxygens (including phenoxy) is 2. The van der Waals surface area contributed by atoms with E-state index in [-0.39, 0.29) is 6.61 Å². The number of nitrogens with zero attached hydrogens (tertiary/aromatic N) is 2. The highest BCUT2D eigenvalue weighted by molar-refractivity contribution is 5.09. The van der Waals surface area contributed by atoms with Gasteiger partial charge in [0.25, 0.3) is 0 Å². The van der Waals surface area contributed by atoms with Gasteiger partial charge in [-0.3, -0.25) is 0 Å². The molecule has 1 aromatic rings. The van der Waals surface area contributed by atoms with Crippen LogP contribution in [0.25, 0.3) is 0 Å². The van der Waals surface area contributed by atoms with Gasteiger partial charge >= 0.3 is 0 Å². The number of aliphatic hydroxyl groups excluding tert-OH is 1. The van der Waals surface area contributed by atoms with E-state index >= 15 is 0 Å². The summed E-state index contributed by atoms with van der Waals surface area (Å²) in [6, 6.07) is 1.77. The number of hydrogen-bond donors (Lipinski definition) is 1. The Morgan fingerprint density at radius 3 is 2.75 bits per heavy atom. The highest BCUT2D eigenvalue weighted by Gasteiger charge is 2.01. The summed E-state index contributed by atoms with van der Waals surface area (Å²) in [5, 5.41) is 8.99. The van der Waals surface area contributed by atoms with Crippen LogP contribution in [0.1, 0.15) is 17.2 Å². The molecule has 5 heteroatoms. The van der Waals surface area contributed by atoms with Gasteiger partial charge in [0.15, 0.2) is 0 Å². The first-order valence-electron chi connectivity index (χ1n) is 5.27. The second-order valence-electron chi connectivity index (χ2n) is 3.43. The van der Waals surface area contributed by atoms with E-state index in [0.717, 1.165) is 5.69 Å². The first-order chi connectivity index (χ1) is 7.76. The molecule has 0 saturated carbocycles. The lowest BCUT2D eigenvalue weighted by molar-refractivity contribution is 0.0716. The van der Waals surface area contributed by atoms with Crippen LogP contribution >= 0.6 is 0 Å². The Morgan fingerprint density at radius 1 is 1.25 bits per heavy atom. The maximum Gasteiger partial charge on any atom is 0.131 e. The fourth-order valence-electron chi connectivity index (χ4n) is 1.30. The Bertz CT molecular complexity index is 318. The molecule has 0 aromatic carbocycles. The summed E-state index contributed by atoms with van der Waals surface area (Å²) >= 11 is 0. The standard InChI is InChI=1S/C11H18N2O3/c1-9-7-10(8-14)13-11(12-9)3-4-16-6-5-15-2/h7,14H,3-6,8H2,1-2H3. The third kappa shape index (κ3) is 4.65. The molecular weight excluding hydrogens is 208 g/mol. The van der Waals surface area contributed by atoms with Crippen LogP contribution in [0, 0.1) is 6.92 Å². The second-order valence-corrected chi connectivity index (χ2v) is 3.43. The largest absolute Gasteiger partial charge is 0.390 e. The van der Waals surface area contributed by atoms with Gasteiger partial charge in [-0.1, -0.05) is 0 Å². The van der Waals surface area contributed by atoms with Crippen molar-refractivity contribution in [3.63, 3.8) is 0 Å². The van der Waals surface area contributed by atoms with E-state index in [1.807, 2.05) is 6.92 Å². The van der Waals surface area contributed by atoms with Crippen LogP contribution in [0.3, 0.4) is 0 Å². The van der Waals surface area contributed by atoms with Crippen molar-refractivity contribution in [1.29, 1.82) is 0 Å². The number of methoxy groups -OCH3 is 1. The van der Waals surface area contributed by atoms with Crippen molar-refractivity contribution in [2.75, 3.05) is 26.9 Å². The van der Waals surface area contributed by atoms with Gasteiger partial charge < -0.3 is 14.6 Å². The predicted octanol–water partition coefficient (Wildman–Crippen LogP) is 0.483. The highest BCUT2D eigenvalue weighted by atomic mass is 16.5. The van der Waals surface area contributed by atoms with Crippen molar-refractivity contribution in [3.8, 4) is 0 Å². The van der Waals surface area contributed by atoms with Crippen LogP contribution in [0.2, 0.25) is 0 Å². The zero-order valence-electron chi connectivity index (χ0n) is 9.77. The predicted molar refractivity (Wildman–Crippen MR) is 59.1 cm³/mol. The number of aromatic nitrogens is 2. The van der Waals surface area contributed by atoms with Gasteiger partial charge in [0.2, 0.25) is 0 Å². The van der Waals surface area contributed by atoms with Crippen molar-refractivity contribution >= 4 is 0 Å². The van der Waals surface area contributed by atoms with Crippen LogP contribution in [0.4, 0.5) is 0 Å². The van der Waals surface area contributed by atoms with E-state index in [1.54, 1.807) is 13.2 Å². The summed E-state index contributed by atoms with van der Waals surface area (Å²) in [7, 11) is 1.64. The number of aryl methyl sites for hydroxylation is 1. The van der Waals surface area contributed by atoms with E-state index in [0.29, 0.717) is 37.8 Å². The van der Waals surface area contributed by atoms with E-state index < -0.39 is 0 Å².